The van der Waals surface area contributed by atoms with Gasteiger partial charge in [-0.05, 0) is 37.7 Å². The molecule has 0 amide bonds. The van der Waals surface area contributed by atoms with Crippen molar-refractivity contribution in [1.29, 1.82) is 0 Å². The molecule has 0 bridgehead atoms. The first-order valence-electron chi connectivity index (χ1n) is 7.06. The molecule has 20 heavy (non-hydrogen) atoms. The molecular weight excluding hydrogens is 246 g/mol. The lowest BCUT2D eigenvalue weighted by atomic mass is 9.93. The summed E-state index contributed by atoms with van der Waals surface area (Å²) in [6.07, 6.45) is 1.03. The monoisotopic (exact) mass is 265 g/mol. The molecule has 0 saturated carbocycles. The highest BCUT2D eigenvalue weighted by Gasteiger charge is 2.17. The maximum Gasteiger partial charge on any atom is 0.134 e. The minimum absolute atomic E-state index is 0.302. The quantitative estimate of drug-likeness (QED) is 0.749. The van der Waals surface area contributed by atoms with Gasteiger partial charge in [-0.2, -0.15) is 0 Å². The number of rotatable bonds is 5. The molecule has 102 valence electrons. The summed E-state index contributed by atoms with van der Waals surface area (Å²) in [5.41, 5.74) is 2.27. The fourth-order valence-corrected chi connectivity index (χ4v) is 2.62. The molecule has 1 unspecified atom stereocenters. The van der Waals surface area contributed by atoms with Crippen LogP contribution in [-0.4, -0.2) is 13.6 Å². The van der Waals surface area contributed by atoms with Gasteiger partial charge in [0.25, 0.3) is 0 Å². The van der Waals surface area contributed by atoms with Crippen LogP contribution in [0.15, 0.2) is 65.1 Å². The average Bonchev–Trinajstić information content (AvgIpc) is 2.92. The normalized spacial score (nSPS) is 12.7. The van der Waals surface area contributed by atoms with Crippen LogP contribution < -0.4 is 5.32 Å². The standard InChI is InChI=1S/C18H19NO/c1-19-12-11-16(14-7-3-2-4-8-14)18-13-15-9-5-6-10-17(15)20-18/h2-10,13,16,19H,11-12H2,1H3. The molecule has 2 aromatic carbocycles. The maximum atomic E-state index is 6.05. The van der Waals surface area contributed by atoms with Gasteiger partial charge in [0.1, 0.15) is 11.3 Å². The van der Waals surface area contributed by atoms with E-state index in [1.807, 2.05) is 25.2 Å². The second kappa shape index (κ2) is 5.93. The Bertz CT molecular complexity index is 639. The molecule has 3 aromatic rings. The van der Waals surface area contributed by atoms with Gasteiger partial charge in [-0.15, -0.1) is 0 Å². The Morgan fingerprint density at radius 1 is 1.00 bits per heavy atom. The van der Waals surface area contributed by atoms with Gasteiger partial charge in [-0.3, -0.25) is 0 Å². The molecule has 0 radical (unpaired) electrons. The fourth-order valence-electron chi connectivity index (χ4n) is 2.62. The van der Waals surface area contributed by atoms with Gasteiger partial charge in [0.05, 0.1) is 0 Å². The van der Waals surface area contributed by atoms with Crippen LogP contribution >= 0.6 is 0 Å². The molecule has 2 nitrogen and oxygen atoms in total. The second-order valence-corrected chi connectivity index (χ2v) is 5.04. The zero-order valence-electron chi connectivity index (χ0n) is 11.7. The lowest BCUT2D eigenvalue weighted by Crippen LogP contribution is -2.12. The van der Waals surface area contributed by atoms with Crippen LogP contribution in [-0.2, 0) is 0 Å². The van der Waals surface area contributed by atoms with E-state index in [9.17, 15) is 0 Å². The molecule has 0 spiro atoms. The van der Waals surface area contributed by atoms with Gasteiger partial charge in [-0.1, -0.05) is 48.5 Å². The smallest absolute Gasteiger partial charge is 0.134 e. The first-order chi connectivity index (χ1) is 9.88. The summed E-state index contributed by atoms with van der Waals surface area (Å²) in [7, 11) is 1.99. The summed E-state index contributed by atoms with van der Waals surface area (Å²) >= 11 is 0. The van der Waals surface area contributed by atoms with E-state index in [1.165, 1.54) is 10.9 Å². The number of benzene rings is 2. The summed E-state index contributed by atoms with van der Waals surface area (Å²) in [4.78, 5) is 0. The van der Waals surface area contributed by atoms with Crippen LogP contribution in [0.25, 0.3) is 11.0 Å². The van der Waals surface area contributed by atoms with Crippen LogP contribution in [0.4, 0.5) is 0 Å². The zero-order valence-corrected chi connectivity index (χ0v) is 11.7. The first-order valence-corrected chi connectivity index (χ1v) is 7.06. The van der Waals surface area contributed by atoms with Crippen molar-refractivity contribution in [3.05, 3.63) is 72.0 Å². The molecule has 0 fully saturated rings. The van der Waals surface area contributed by atoms with E-state index >= 15 is 0 Å². The first kappa shape index (κ1) is 12.9. The predicted molar refractivity (Wildman–Crippen MR) is 83.0 cm³/mol. The molecule has 2 heteroatoms. The minimum Gasteiger partial charge on any atom is -0.460 e. The van der Waals surface area contributed by atoms with Gasteiger partial charge in [0.15, 0.2) is 0 Å². The highest BCUT2D eigenvalue weighted by Crippen LogP contribution is 2.32. The van der Waals surface area contributed by atoms with Crippen molar-refractivity contribution in [1.82, 2.24) is 5.32 Å². The third kappa shape index (κ3) is 2.61. The van der Waals surface area contributed by atoms with E-state index in [4.69, 9.17) is 4.42 Å². The minimum atomic E-state index is 0.302. The molecule has 0 aliphatic rings. The molecule has 0 aliphatic carbocycles. The van der Waals surface area contributed by atoms with Gasteiger partial charge in [0.2, 0.25) is 0 Å². The van der Waals surface area contributed by atoms with E-state index in [0.29, 0.717) is 5.92 Å². The second-order valence-electron chi connectivity index (χ2n) is 5.04. The zero-order chi connectivity index (χ0) is 13.8. The van der Waals surface area contributed by atoms with Crippen LogP contribution in [0.3, 0.4) is 0 Å². The van der Waals surface area contributed by atoms with Gasteiger partial charge in [-0.25, -0.2) is 0 Å². The Labute approximate surface area is 119 Å². The van der Waals surface area contributed by atoms with Crippen molar-refractivity contribution in [2.24, 2.45) is 0 Å². The average molecular weight is 265 g/mol. The number of hydrogen-bond donors (Lipinski definition) is 1. The van der Waals surface area contributed by atoms with Gasteiger partial charge < -0.3 is 9.73 Å². The highest BCUT2D eigenvalue weighted by atomic mass is 16.3. The van der Waals surface area contributed by atoms with Crippen LogP contribution in [0.5, 0.6) is 0 Å². The number of para-hydroxylation sites is 1. The Hall–Kier alpha value is -2.06. The topological polar surface area (TPSA) is 25.2 Å². The van der Waals surface area contributed by atoms with E-state index < -0.39 is 0 Å². The van der Waals surface area contributed by atoms with Crippen LogP contribution in [0.1, 0.15) is 23.7 Å². The number of nitrogens with one attached hydrogen (secondary N) is 1. The summed E-state index contributed by atoms with van der Waals surface area (Å²) in [6, 6.07) is 20.9. The van der Waals surface area contributed by atoms with Gasteiger partial charge in [0, 0.05) is 11.3 Å². The van der Waals surface area contributed by atoms with Crippen molar-refractivity contribution in [2.75, 3.05) is 13.6 Å². The third-order valence-corrected chi connectivity index (χ3v) is 3.67. The van der Waals surface area contributed by atoms with Crippen molar-refractivity contribution in [3.8, 4) is 0 Å². The summed E-state index contributed by atoms with van der Waals surface area (Å²) in [6.45, 7) is 0.969. The van der Waals surface area contributed by atoms with E-state index in [2.05, 4.69) is 47.8 Å². The molecular formula is C18H19NO. The third-order valence-electron chi connectivity index (χ3n) is 3.67. The number of fused-ring (bicyclic) bond motifs is 1. The molecule has 1 aromatic heterocycles. The number of hydrogen-bond acceptors (Lipinski definition) is 2. The Balaban J connectivity index is 2.00. The highest BCUT2D eigenvalue weighted by molar-refractivity contribution is 5.78. The van der Waals surface area contributed by atoms with Crippen molar-refractivity contribution in [3.63, 3.8) is 0 Å². The molecule has 1 atom stereocenters. The van der Waals surface area contributed by atoms with E-state index in [1.54, 1.807) is 0 Å². The SMILES string of the molecule is CNCCC(c1ccccc1)c1cc2ccccc2o1. The summed E-state index contributed by atoms with van der Waals surface area (Å²) in [5.74, 6) is 1.35. The van der Waals surface area contributed by atoms with Crippen molar-refractivity contribution >= 4 is 11.0 Å². The fraction of sp³-hybridized carbons (Fsp3) is 0.222. The Morgan fingerprint density at radius 2 is 1.75 bits per heavy atom. The van der Waals surface area contributed by atoms with Crippen LogP contribution in [0.2, 0.25) is 0 Å². The molecule has 0 aliphatic heterocycles. The molecule has 3 rings (SSSR count). The summed E-state index contributed by atoms with van der Waals surface area (Å²) in [5, 5.41) is 4.40. The van der Waals surface area contributed by atoms with Crippen LogP contribution in [0, 0.1) is 0 Å². The largest absolute Gasteiger partial charge is 0.460 e. The van der Waals surface area contributed by atoms with E-state index in [0.717, 1.165) is 24.3 Å². The van der Waals surface area contributed by atoms with Crippen molar-refractivity contribution < 1.29 is 4.42 Å². The lowest BCUT2D eigenvalue weighted by molar-refractivity contribution is 0.499. The molecule has 1 heterocycles. The van der Waals surface area contributed by atoms with Crippen molar-refractivity contribution in [2.45, 2.75) is 12.3 Å². The molecule has 1 N–H and O–H groups in total. The summed E-state index contributed by atoms with van der Waals surface area (Å²) < 4.78 is 6.05. The molecule has 0 saturated heterocycles. The maximum absolute atomic E-state index is 6.05. The number of furan rings is 1. The Morgan fingerprint density at radius 3 is 2.50 bits per heavy atom. The predicted octanol–water partition coefficient (Wildman–Crippen LogP) is 4.17. The van der Waals surface area contributed by atoms with E-state index in [-0.39, 0.29) is 0 Å². The lowest BCUT2D eigenvalue weighted by Gasteiger charge is -2.14. The Kier molecular flexibility index (Phi) is 3.84. The van der Waals surface area contributed by atoms with Gasteiger partial charge >= 0.3 is 0 Å².